The second-order valence-electron chi connectivity index (χ2n) is 9.89. The van der Waals surface area contributed by atoms with Gasteiger partial charge in [0.25, 0.3) is 0 Å². The van der Waals surface area contributed by atoms with Crippen molar-refractivity contribution in [3.05, 3.63) is 124 Å². The number of nitrogens with one attached hydrogen (secondary N) is 1. The lowest BCUT2D eigenvalue weighted by Crippen LogP contribution is -2.32. The third-order valence-corrected chi connectivity index (χ3v) is 7.73. The van der Waals surface area contributed by atoms with Gasteiger partial charge in [-0.2, -0.15) is 0 Å². The summed E-state index contributed by atoms with van der Waals surface area (Å²) in [6, 6.07) is 23.7. The molecule has 1 fully saturated rings. The molecule has 0 bridgehead atoms. The smallest absolute Gasteiger partial charge is 0.407 e. The maximum atomic E-state index is 11.8. The fourth-order valence-corrected chi connectivity index (χ4v) is 5.09. The molecule has 0 aliphatic carbocycles. The highest BCUT2D eigenvalue weighted by atomic mass is 35.5. The van der Waals surface area contributed by atoms with Crippen LogP contribution in [0.5, 0.6) is 0 Å². The highest BCUT2D eigenvalue weighted by Gasteiger charge is 2.33. The molecular formula is C32H31Cl2N3O5. The standard InChI is InChI=1S/C32H31Cl2N3O5/c1-2-14-40-32(39)35-17-22-4-3-5-26(15-22)23-10-12-25(13-11-23)31-41-27(18-37-20-36-29(33)30(37)34)16-28(42-31)24-8-6-21(19-38)7-9-24/h2-13,15,20,27-28,31,38H,1,14,16-19H2,(H,35,39)/t27-,28+,31+/m0/s1. The van der Waals surface area contributed by atoms with E-state index in [1.807, 2.05) is 72.8 Å². The van der Waals surface area contributed by atoms with Crippen molar-refractivity contribution in [2.45, 2.75) is 44.6 Å². The van der Waals surface area contributed by atoms with Gasteiger partial charge in [0.1, 0.15) is 11.8 Å². The number of nitrogens with zero attached hydrogens (tertiary/aromatic N) is 2. The van der Waals surface area contributed by atoms with Gasteiger partial charge < -0.3 is 29.2 Å². The number of halogens is 2. The van der Waals surface area contributed by atoms with Gasteiger partial charge in [0.15, 0.2) is 11.4 Å². The van der Waals surface area contributed by atoms with Gasteiger partial charge in [-0.1, -0.05) is 103 Å². The first-order valence-corrected chi connectivity index (χ1v) is 14.3. The fourth-order valence-electron chi connectivity index (χ4n) is 4.78. The molecule has 218 valence electrons. The Kier molecular flexibility index (Phi) is 9.94. The lowest BCUT2D eigenvalue weighted by atomic mass is 9.99. The summed E-state index contributed by atoms with van der Waals surface area (Å²) >= 11 is 12.4. The molecule has 3 aromatic carbocycles. The number of amides is 1. The molecule has 4 aromatic rings. The summed E-state index contributed by atoms with van der Waals surface area (Å²) in [7, 11) is 0. The molecule has 10 heteroatoms. The highest BCUT2D eigenvalue weighted by molar-refractivity contribution is 6.40. The van der Waals surface area contributed by atoms with Crippen LogP contribution >= 0.6 is 23.2 Å². The first kappa shape index (κ1) is 29.8. The van der Waals surface area contributed by atoms with Gasteiger partial charge in [-0.3, -0.25) is 0 Å². The number of carbonyl (C=O) groups is 1. The maximum Gasteiger partial charge on any atom is 0.407 e. The molecule has 0 saturated carbocycles. The lowest BCUT2D eigenvalue weighted by Gasteiger charge is -2.36. The second kappa shape index (κ2) is 14.0. The van der Waals surface area contributed by atoms with Crippen molar-refractivity contribution in [3.8, 4) is 11.1 Å². The summed E-state index contributed by atoms with van der Waals surface area (Å²) in [4.78, 5) is 15.9. The zero-order valence-corrected chi connectivity index (χ0v) is 24.3. The zero-order valence-electron chi connectivity index (χ0n) is 22.8. The van der Waals surface area contributed by atoms with Crippen LogP contribution in [0.1, 0.15) is 41.1 Å². The summed E-state index contributed by atoms with van der Waals surface area (Å²) in [5, 5.41) is 12.8. The first-order chi connectivity index (χ1) is 20.4. The first-order valence-electron chi connectivity index (χ1n) is 13.5. The van der Waals surface area contributed by atoms with Crippen LogP contribution in [0.2, 0.25) is 10.3 Å². The van der Waals surface area contributed by atoms with Gasteiger partial charge in [-0.25, -0.2) is 9.78 Å². The molecule has 1 amide bonds. The zero-order chi connectivity index (χ0) is 29.5. The summed E-state index contributed by atoms with van der Waals surface area (Å²) in [5.41, 5.74) is 5.67. The maximum absolute atomic E-state index is 11.8. The molecule has 42 heavy (non-hydrogen) atoms. The number of aliphatic hydroxyl groups excluding tert-OH is 1. The molecular weight excluding hydrogens is 577 g/mol. The average Bonchev–Trinajstić information content (AvgIpc) is 3.35. The van der Waals surface area contributed by atoms with Crippen LogP contribution < -0.4 is 5.32 Å². The number of benzene rings is 3. The van der Waals surface area contributed by atoms with Crippen LogP contribution in [0.4, 0.5) is 4.79 Å². The van der Waals surface area contributed by atoms with Crippen LogP contribution in [0.3, 0.4) is 0 Å². The number of aliphatic hydroxyl groups is 1. The number of alkyl carbamates (subject to hydrolysis) is 1. The van der Waals surface area contributed by atoms with Crippen LogP contribution in [0.15, 0.2) is 91.8 Å². The number of rotatable bonds is 10. The van der Waals surface area contributed by atoms with Crippen molar-refractivity contribution in [3.63, 3.8) is 0 Å². The molecule has 8 nitrogen and oxygen atoms in total. The van der Waals surface area contributed by atoms with E-state index in [-0.39, 0.29) is 30.6 Å². The van der Waals surface area contributed by atoms with Crippen LogP contribution in [0, 0.1) is 0 Å². The van der Waals surface area contributed by atoms with Crippen molar-refractivity contribution in [2.75, 3.05) is 6.61 Å². The van der Waals surface area contributed by atoms with Gasteiger partial charge in [0, 0.05) is 18.5 Å². The number of hydrogen-bond donors (Lipinski definition) is 2. The molecule has 0 unspecified atom stereocenters. The number of aromatic nitrogens is 2. The summed E-state index contributed by atoms with van der Waals surface area (Å²) < 4.78 is 19.6. The lowest BCUT2D eigenvalue weighted by molar-refractivity contribution is -0.252. The number of ether oxygens (including phenoxy) is 3. The summed E-state index contributed by atoms with van der Waals surface area (Å²) in [5.74, 6) is 0. The van der Waals surface area contributed by atoms with E-state index in [0.29, 0.717) is 24.7 Å². The predicted molar refractivity (Wildman–Crippen MR) is 161 cm³/mol. The quantitative estimate of drug-likeness (QED) is 0.188. The Labute approximate surface area is 254 Å². The Morgan fingerprint density at radius 1 is 1.05 bits per heavy atom. The number of hydrogen-bond acceptors (Lipinski definition) is 6. The summed E-state index contributed by atoms with van der Waals surface area (Å²) in [6.45, 7) is 4.49. The van der Waals surface area contributed by atoms with Crippen LogP contribution in [-0.4, -0.2) is 33.5 Å². The SMILES string of the molecule is C=CCOC(=O)NCc1cccc(-c2ccc([C@@H]3O[C@H](Cn4cnc(Cl)c4Cl)C[C@H](c4ccc(CO)cc4)O3)cc2)c1. The predicted octanol–water partition coefficient (Wildman–Crippen LogP) is 7.01. The van der Waals surface area contributed by atoms with Gasteiger partial charge in [0.05, 0.1) is 31.7 Å². The minimum absolute atomic E-state index is 0.0197. The second-order valence-corrected chi connectivity index (χ2v) is 10.6. The van der Waals surface area contributed by atoms with E-state index in [1.165, 1.54) is 6.08 Å². The van der Waals surface area contributed by atoms with Crippen molar-refractivity contribution < 1.29 is 24.1 Å². The Balaban J connectivity index is 1.32. The Morgan fingerprint density at radius 2 is 1.81 bits per heavy atom. The third kappa shape index (κ3) is 7.40. The van der Waals surface area contributed by atoms with Gasteiger partial charge in [0.2, 0.25) is 0 Å². The molecule has 1 aliphatic rings. The molecule has 1 aromatic heterocycles. The van der Waals surface area contributed by atoms with E-state index >= 15 is 0 Å². The van der Waals surface area contributed by atoms with Gasteiger partial charge in [-0.15, -0.1) is 0 Å². The summed E-state index contributed by atoms with van der Waals surface area (Å²) in [6.07, 6.45) is 2.16. The average molecular weight is 609 g/mol. The van der Waals surface area contributed by atoms with Crippen molar-refractivity contribution in [1.29, 1.82) is 0 Å². The molecule has 1 saturated heterocycles. The van der Waals surface area contributed by atoms with E-state index in [9.17, 15) is 9.90 Å². The Hall–Kier alpha value is -3.66. The Bertz CT molecular complexity index is 1510. The van der Waals surface area contributed by atoms with Crippen molar-refractivity contribution in [2.24, 2.45) is 0 Å². The monoisotopic (exact) mass is 607 g/mol. The van der Waals surface area contributed by atoms with Gasteiger partial charge in [-0.05, 0) is 33.9 Å². The van der Waals surface area contributed by atoms with E-state index in [0.717, 1.165) is 33.4 Å². The van der Waals surface area contributed by atoms with E-state index in [1.54, 1.807) is 10.9 Å². The molecule has 0 radical (unpaired) electrons. The van der Waals surface area contributed by atoms with Crippen LogP contribution in [0.25, 0.3) is 11.1 Å². The van der Waals surface area contributed by atoms with E-state index in [4.69, 9.17) is 37.4 Å². The van der Waals surface area contributed by atoms with E-state index < -0.39 is 12.4 Å². The molecule has 0 spiro atoms. The normalized spacial score (nSPS) is 18.4. The molecule has 3 atom stereocenters. The highest BCUT2D eigenvalue weighted by Crippen LogP contribution is 2.39. The number of imidazole rings is 1. The Morgan fingerprint density at radius 3 is 2.50 bits per heavy atom. The van der Waals surface area contributed by atoms with E-state index in [2.05, 4.69) is 16.9 Å². The molecule has 2 N–H and O–H groups in total. The van der Waals surface area contributed by atoms with Crippen molar-refractivity contribution >= 4 is 29.3 Å². The topological polar surface area (TPSA) is 94.8 Å². The molecule has 5 rings (SSSR count). The third-order valence-electron chi connectivity index (χ3n) is 6.96. The minimum Gasteiger partial charge on any atom is -0.445 e. The van der Waals surface area contributed by atoms with Crippen LogP contribution in [-0.2, 0) is 33.9 Å². The van der Waals surface area contributed by atoms with Gasteiger partial charge >= 0.3 is 6.09 Å². The fraction of sp³-hybridized carbons (Fsp3) is 0.250. The van der Waals surface area contributed by atoms with Crippen molar-refractivity contribution in [1.82, 2.24) is 14.9 Å². The molecule has 2 heterocycles. The number of carbonyl (C=O) groups excluding carboxylic acids is 1. The molecule has 1 aliphatic heterocycles. The largest absolute Gasteiger partial charge is 0.445 e. The minimum atomic E-state index is -0.616.